The van der Waals surface area contributed by atoms with E-state index in [1.807, 2.05) is 0 Å². The van der Waals surface area contributed by atoms with Gasteiger partial charge >= 0.3 is 0 Å². The molecule has 3 rings (SSSR count). The lowest BCUT2D eigenvalue weighted by molar-refractivity contribution is -0.149. The first kappa shape index (κ1) is 17.7. The number of carbonyl (C=O) groups is 2. The van der Waals surface area contributed by atoms with Crippen molar-refractivity contribution in [2.75, 3.05) is 44.2 Å². The molecule has 0 spiro atoms. The number of anilines is 1. The van der Waals surface area contributed by atoms with Crippen molar-refractivity contribution in [3.8, 4) is 0 Å². The summed E-state index contributed by atoms with van der Waals surface area (Å²) in [6.45, 7) is 11.5. The predicted octanol–water partition coefficient (Wildman–Crippen LogP) is 0.984. The van der Waals surface area contributed by atoms with E-state index in [0.717, 1.165) is 26.2 Å². The maximum atomic E-state index is 12.1. The lowest BCUT2D eigenvalue weighted by atomic mass is 10.0. The summed E-state index contributed by atoms with van der Waals surface area (Å²) in [5.41, 5.74) is 3.82. The molecule has 6 nitrogen and oxygen atoms in total. The average Bonchev–Trinajstić information content (AvgIpc) is 2.61. The molecule has 1 atom stereocenters. The molecule has 0 aromatic heterocycles. The van der Waals surface area contributed by atoms with Crippen LogP contribution < -0.4 is 10.2 Å². The van der Waals surface area contributed by atoms with E-state index in [-0.39, 0.29) is 24.4 Å². The van der Waals surface area contributed by atoms with Gasteiger partial charge in [0.1, 0.15) is 6.04 Å². The summed E-state index contributed by atoms with van der Waals surface area (Å²) in [4.78, 5) is 30.4. The number of aryl methyl sites for hydroxylation is 1. The van der Waals surface area contributed by atoms with Gasteiger partial charge in [-0.1, -0.05) is 6.07 Å². The Balaban J connectivity index is 1.68. The fourth-order valence-corrected chi connectivity index (χ4v) is 3.77. The molecule has 2 fully saturated rings. The Morgan fingerprint density at radius 1 is 1.20 bits per heavy atom. The molecule has 2 aliphatic rings. The van der Waals surface area contributed by atoms with E-state index in [9.17, 15) is 9.59 Å². The largest absolute Gasteiger partial charge is 0.372 e. The summed E-state index contributed by atoms with van der Waals surface area (Å²) in [6.07, 6.45) is 0. The number of hydrogen-bond acceptors (Lipinski definition) is 4. The van der Waals surface area contributed by atoms with Crippen LogP contribution in [0, 0.1) is 6.92 Å². The third kappa shape index (κ3) is 3.63. The monoisotopic (exact) mass is 344 g/mol. The van der Waals surface area contributed by atoms with Gasteiger partial charge in [-0.3, -0.25) is 14.5 Å². The Kier molecular flexibility index (Phi) is 5.27. The van der Waals surface area contributed by atoms with Crippen molar-refractivity contribution in [1.29, 1.82) is 0 Å². The van der Waals surface area contributed by atoms with Gasteiger partial charge in [-0.15, -0.1) is 0 Å². The zero-order valence-corrected chi connectivity index (χ0v) is 15.4. The summed E-state index contributed by atoms with van der Waals surface area (Å²) in [5.74, 6) is 0.00177. The van der Waals surface area contributed by atoms with Crippen molar-refractivity contribution in [3.63, 3.8) is 0 Å². The molecular weight excluding hydrogens is 316 g/mol. The number of nitrogens with one attached hydrogen (secondary N) is 1. The SMILES string of the molecule is CCN(CC)c1ccc(CN2CCN3C(=O)CNC(=O)C3C2)c(C)c1. The summed E-state index contributed by atoms with van der Waals surface area (Å²) >= 11 is 0. The van der Waals surface area contributed by atoms with Crippen LogP contribution in [0.15, 0.2) is 18.2 Å². The Hall–Kier alpha value is -2.08. The highest BCUT2D eigenvalue weighted by Gasteiger charge is 2.38. The molecule has 1 N–H and O–H groups in total. The van der Waals surface area contributed by atoms with Crippen LogP contribution in [0.5, 0.6) is 0 Å². The van der Waals surface area contributed by atoms with E-state index in [1.54, 1.807) is 4.90 Å². The maximum absolute atomic E-state index is 12.1. The van der Waals surface area contributed by atoms with Gasteiger partial charge < -0.3 is 15.1 Å². The highest BCUT2D eigenvalue weighted by Crippen LogP contribution is 2.22. The number of benzene rings is 1. The van der Waals surface area contributed by atoms with Crippen molar-refractivity contribution in [2.45, 2.75) is 33.4 Å². The molecule has 1 aromatic carbocycles. The second-order valence-corrected chi connectivity index (χ2v) is 6.84. The van der Waals surface area contributed by atoms with Gasteiger partial charge in [0, 0.05) is 45.0 Å². The second kappa shape index (κ2) is 7.44. The third-order valence-electron chi connectivity index (χ3n) is 5.35. The molecule has 2 heterocycles. The van der Waals surface area contributed by atoms with Crippen LogP contribution in [-0.2, 0) is 16.1 Å². The highest BCUT2D eigenvalue weighted by atomic mass is 16.2. The van der Waals surface area contributed by atoms with Crippen LogP contribution in [-0.4, -0.2) is 66.9 Å². The standard InChI is InChI=1S/C19H28N4O2/c1-4-22(5-2)16-7-6-15(14(3)10-16)12-21-8-9-23-17(13-21)19(25)20-11-18(23)24/h6-7,10,17H,4-5,8-9,11-13H2,1-3H3,(H,20,25). The molecule has 136 valence electrons. The van der Waals surface area contributed by atoms with Gasteiger partial charge in [0.15, 0.2) is 0 Å². The zero-order valence-electron chi connectivity index (χ0n) is 15.4. The first-order valence-electron chi connectivity index (χ1n) is 9.17. The Labute approximate surface area is 149 Å². The molecule has 2 aliphatic heterocycles. The minimum Gasteiger partial charge on any atom is -0.372 e. The number of nitrogens with zero attached hydrogens (tertiary/aromatic N) is 3. The highest BCUT2D eigenvalue weighted by molar-refractivity contribution is 5.95. The first-order valence-corrected chi connectivity index (χ1v) is 9.17. The van der Waals surface area contributed by atoms with Crippen LogP contribution >= 0.6 is 0 Å². The number of amides is 2. The van der Waals surface area contributed by atoms with E-state index >= 15 is 0 Å². The van der Waals surface area contributed by atoms with Crippen LogP contribution in [0.25, 0.3) is 0 Å². The molecule has 0 radical (unpaired) electrons. The number of rotatable bonds is 5. The summed E-state index contributed by atoms with van der Waals surface area (Å²) < 4.78 is 0. The normalized spacial score (nSPS) is 21.1. The molecule has 2 amide bonds. The Morgan fingerprint density at radius 2 is 1.96 bits per heavy atom. The lowest BCUT2D eigenvalue weighted by Crippen LogP contribution is -2.65. The first-order chi connectivity index (χ1) is 12.0. The van der Waals surface area contributed by atoms with E-state index in [2.05, 4.69) is 54.1 Å². The Bertz CT molecular complexity index is 657. The van der Waals surface area contributed by atoms with Crippen LogP contribution in [0.3, 0.4) is 0 Å². The molecule has 0 bridgehead atoms. The van der Waals surface area contributed by atoms with Crippen LogP contribution in [0.1, 0.15) is 25.0 Å². The molecule has 2 saturated heterocycles. The van der Waals surface area contributed by atoms with Crippen LogP contribution in [0.4, 0.5) is 5.69 Å². The molecule has 25 heavy (non-hydrogen) atoms. The number of piperazine rings is 2. The van der Waals surface area contributed by atoms with Gasteiger partial charge in [-0.05, 0) is 44.0 Å². The van der Waals surface area contributed by atoms with E-state index in [1.165, 1.54) is 16.8 Å². The second-order valence-electron chi connectivity index (χ2n) is 6.84. The van der Waals surface area contributed by atoms with Gasteiger partial charge in [0.25, 0.3) is 0 Å². The molecule has 1 aromatic rings. The minimum atomic E-state index is -0.342. The maximum Gasteiger partial charge on any atom is 0.244 e. The summed E-state index contributed by atoms with van der Waals surface area (Å²) in [6, 6.07) is 6.28. The zero-order chi connectivity index (χ0) is 18.0. The molecule has 0 saturated carbocycles. The average molecular weight is 344 g/mol. The van der Waals surface area contributed by atoms with Crippen molar-refractivity contribution >= 4 is 17.5 Å². The summed E-state index contributed by atoms with van der Waals surface area (Å²) in [5, 5.41) is 2.70. The van der Waals surface area contributed by atoms with E-state index in [0.29, 0.717) is 13.1 Å². The fourth-order valence-electron chi connectivity index (χ4n) is 3.77. The van der Waals surface area contributed by atoms with Gasteiger partial charge in [-0.2, -0.15) is 0 Å². The molecule has 1 unspecified atom stereocenters. The van der Waals surface area contributed by atoms with Gasteiger partial charge in [0.05, 0.1) is 6.54 Å². The fraction of sp³-hybridized carbons (Fsp3) is 0.579. The smallest absolute Gasteiger partial charge is 0.244 e. The number of fused-ring (bicyclic) bond motifs is 1. The molecule has 0 aliphatic carbocycles. The lowest BCUT2D eigenvalue weighted by Gasteiger charge is -2.43. The van der Waals surface area contributed by atoms with Gasteiger partial charge in [-0.25, -0.2) is 0 Å². The molecule has 6 heteroatoms. The van der Waals surface area contributed by atoms with E-state index in [4.69, 9.17) is 0 Å². The van der Waals surface area contributed by atoms with Crippen molar-refractivity contribution in [1.82, 2.24) is 15.1 Å². The number of hydrogen-bond donors (Lipinski definition) is 1. The van der Waals surface area contributed by atoms with Gasteiger partial charge in [0.2, 0.25) is 11.8 Å². The van der Waals surface area contributed by atoms with E-state index < -0.39 is 0 Å². The molecular formula is C19H28N4O2. The Morgan fingerprint density at radius 3 is 2.64 bits per heavy atom. The van der Waals surface area contributed by atoms with Crippen molar-refractivity contribution in [2.24, 2.45) is 0 Å². The topological polar surface area (TPSA) is 55.9 Å². The predicted molar refractivity (Wildman–Crippen MR) is 98.5 cm³/mol. The quantitative estimate of drug-likeness (QED) is 0.865. The van der Waals surface area contributed by atoms with Crippen LogP contribution in [0.2, 0.25) is 0 Å². The summed E-state index contributed by atoms with van der Waals surface area (Å²) in [7, 11) is 0. The van der Waals surface area contributed by atoms with Crippen molar-refractivity contribution in [3.05, 3.63) is 29.3 Å². The minimum absolute atomic E-state index is 0.0297. The van der Waals surface area contributed by atoms with Crippen molar-refractivity contribution < 1.29 is 9.59 Å². The third-order valence-corrected chi connectivity index (χ3v) is 5.35. The number of carbonyl (C=O) groups excluding carboxylic acids is 2.